The predicted molar refractivity (Wildman–Crippen MR) is 104 cm³/mol. The Bertz CT molecular complexity index is 481. The van der Waals surface area contributed by atoms with Gasteiger partial charge < -0.3 is 15.5 Å². The molecule has 1 saturated heterocycles. The van der Waals surface area contributed by atoms with Crippen LogP contribution in [0.15, 0.2) is 29.3 Å². The molecule has 0 unspecified atom stereocenters. The highest BCUT2D eigenvalue weighted by Crippen LogP contribution is 2.10. The van der Waals surface area contributed by atoms with E-state index in [2.05, 4.69) is 20.5 Å². The summed E-state index contributed by atoms with van der Waals surface area (Å²) in [5.41, 5.74) is 1.20. The number of rotatable bonds is 8. The van der Waals surface area contributed by atoms with E-state index in [0.717, 1.165) is 24.1 Å². The molecule has 1 heterocycles. The number of nitrogens with zero attached hydrogens (tertiary/aromatic N) is 2. The molecule has 1 aromatic carbocycles. The molecule has 4 nitrogen and oxygen atoms in total. The van der Waals surface area contributed by atoms with Gasteiger partial charge in [-0.25, -0.2) is 0 Å². The lowest BCUT2D eigenvalue weighted by Crippen LogP contribution is -2.37. The fourth-order valence-electron chi connectivity index (χ4n) is 3.04. The Morgan fingerprint density at radius 3 is 2.50 bits per heavy atom. The Kier molecular flexibility index (Phi) is 9.00. The highest BCUT2D eigenvalue weighted by molar-refractivity contribution is 6.30. The smallest absolute Gasteiger partial charge is 0.191 e. The van der Waals surface area contributed by atoms with Crippen molar-refractivity contribution in [2.24, 2.45) is 4.99 Å². The number of guanidine groups is 1. The molecule has 134 valence electrons. The van der Waals surface area contributed by atoms with Gasteiger partial charge >= 0.3 is 0 Å². The highest BCUT2D eigenvalue weighted by atomic mass is 35.5. The molecule has 0 saturated carbocycles. The third kappa shape index (κ3) is 7.54. The summed E-state index contributed by atoms with van der Waals surface area (Å²) in [6.07, 6.45) is 7.96. The molecule has 0 radical (unpaired) electrons. The van der Waals surface area contributed by atoms with Crippen LogP contribution in [0.3, 0.4) is 0 Å². The minimum Gasteiger partial charge on any atom is -0.356 e. The molecule has 0 bridgehead atoms. The molecular weight excluding hydrogens is 320 g/mol. The van der Waals surface area contributed by atoms with Gasteiger partial charge in [0.05, 0.1) is 0 Å². The molecule has 0 amide bonds. The number of hydrogen-bond donors (Lipinski definition) is 2. The first-order chi connectivity index (χ1) is 11.8. The quantitative estimate of drug-likeness (QED) is 0.427. The van der Waals surface area contributed by atoms with E-state index < -0.39 is 0 Å². The molecule has 2 rings (SSSR count). The second-order valence-corrected chi connectivity index (χ2v) is 6.88. The molecule has 0 aliphatic carbocycles. The van der Waals surface area contributed by atoms with Crippen LogP contribution in [-0.2, 0) is 6.54 Å². The lowest BCUT2D eigenvalue weighted by molar-refractivity contribution is 0.224. The summed E-state index contributed by atoms with van der Waals surface area (Å²) in [5, 5.41) is 7.49. The summed E-state index contributed by atoms with van der Waals surface area (Å²) < 4.78 is 0. The van der Waals surface area contributed by atoms with Crippen LogP contribution in [0.1, 0.15) is 44.1 Å². The number of likely N-dealkylation sites (tertiary alicyclic amines) is 1. The average Bonchev–Trinajstić information content (AvgIpc) is 2.63. The van der Waals surface area contributed by atoms with Crippen molar-refractivity contribution in [1.82, 2.24) is 15.5 Å². The van der Waals surface area contributed by atoms with Crippen molar-refractivity contribution in [2.75, 3.05) is 33.2 Å². The maximum atomic E-state index is 5.90. The standard InChI is InChI=1S/C19H31ClN4/c1-21-19(23-16-17-8-10-18(20)11-9-17)22-12-4-2-5-13-24-14-6-3-7-15-24/h8-11H,2-7,12-16H2,1H3,(H2,21,22,23). The fraction of sp³-hybridized carbons (Fsp3) is 0.632. The van der Waals surface area contributed by atoms with Crippen molar-refractivity contribution in [3.63, 3.8) is 0 Å². The van der Waals surface area contributed by atoms with Gasteiger partial charge in [-0.3, -0.25) is 4.99 Å². The summed E-state index contributed by atoms with van der Waals surface area (Å²) in [5.74, 6) is 0.862. The van der Waals surface area contributed by atoms with Gasteiger partial charge in [-0.15, -0.1) is 0 Å². The van der Waals surface area contributed by atoms with E-state index in [1.807, 2.05) is 31.3 Å². The summed E-state index contributed by atoms with van der Waals surface area (Å²) in [6.45, 7) is 5.61. The Balaban J connectivity index is 1.52. The van der Waals surface area contributed by atoms with Gasteiger partial charge in [-0.05, 0) is 63.0 Å². The molecule has 1 aliphatic heterocycles. The minimum atomic E-state index is 0.756. The van der Waals surface area contributed by atoms with E-state index in [-0.39, 0.29) is 0 Å². The Morgan fingerprint density at radius 1 is 1.04 bits per heavy atom. The summed E-state index contributed by atoms with van der Waals surface area (Å²) in [4.78, 5) is 6.89. The van der Waals surface area contributed by atoms with Crippen LogP contribution in [0.4, 0.5) is 0 Å². The molecule has 5 heteroatoms. The van der Waals surface area contributed by atoms with Gasteiger partial charge in [0.15, 0.2) is 5.96 Å². The maximum absolute atomic E-state index is 5.90. The first-order valence-electron chi connectivity index (χ1n) is 9.19. The number of aliphatic imine (C=N–C) groups is 1. The zero-order chi connectivity index (χ0) is 17.0. The number of halogens is 1. The molecular formula is C19H31ClN4. The average molecular weight is 351 g/mol. The van der Waals surface area contributed by atoms with Crippen LogP contribution in [0.25, 0.3) is 0 Å². The first kappa shape index (κ1) is 19.1. The van der Waals surface area contributed by atoms with Crippen LogP contribution in [0.2, 0.25) is 5.02 Å². The van der Waals surface area contributed by atoms with Gasteiger partial charge in [0.2, 0.25) is 0 Å². The van der Waals surface area contributed by atoms with E-state index in [9.17, 15) is 0 Å². The number of nitrogens with one attached hydrogen (secondary N) is 2. The Labute approximate surface area is 151 Å². The monoisotopic (exact) mass is 350 g/mol. The highest BCUT2D eigenvalue weighted by Gasteiger charge is 2.08. The van der Waals surface area contributed by atoms with Gasteiger partial charge in [-0.1, -0.05) is 36.6 Å². The van der Waals surface area contributed by atoms with Crippen LogP contribution in [0, 0.1) is 0 Å². The SMILES string of the molecule is CN=C(NCCCCCN1CCCCC1)NCc1ccc(Cl)cc1. The maximum Gasteiger partial charge on any atom is 0.191 e. The fourth-order valence-corrected chi connectivity index (χ4v) is 3.16. The number of benzene rings is 1. The number of hydrogen-bond acceptors (Lipinski definition) is 2. The molecule has 1 aliphatic rings. The molecule has 0 aromatic heterocycles. The van der Waals surface area contributed by atoms with Crippen LogP contribution in [0.5, 0.6) is 0 Å². The van der Waals surface area contributed by atoms with E-state index in [0.29, 0.717) is 0 Å². The van der Waals surface area contributed by atoms with Crippen LogP contribution >= 0.6 is 11.6 Å². The minimum absolute atomic E-state index is 0.756. The zero-order valence-electron chi connectivity index (χ0n) is 14.9. The van der Waals surface area contributed by atoms with Crippen LogP contribution < -0.4 is 10.6 Å². The topological polar surface area (TPSA) is 39.7 Å². The van der Waals surface area contributed by atoms with E-state index >= 15 is 0 Å². The second kappa shape index (κ2) is 11.3. The van der Waals surface area contributed by atoms with Crippen molar-refractivity contribution in [3.05, 3.63) is 34.9 Å². The zero-order valence-corrected chi connectivity index (χ0v) is 15.6. The van der Waals surface area contributed by atoms with Crippen LogP contribution in [-0.4, -0.2) is 44.1 Å². The largest absolute Gasteiger partial charge is 0.356 e. The van der Waals surface area contributed by atoms with Crippen molar-refractivity contribution < 1.29 is 0 Å². The van der Waals surface area contributed by atoms with E-state index in [1.54, 1.807) is 0 Å². The van der Waals surface area contributed by atoms with Crippen molar-refractivity contribution >= 4 is 17.6 Å². The van der Waals surface area contributed by atoms with Gasteiger partial charge in [0.1, 0.15) is 0 Å². The molecule has 1 fully saturated rings. The normalized spacial score (nSPS) is 16.2. The van der Waals surface area contributed by atoms with Crippen molar-refractivity contribution in [2.45, 2.75) is 45.1 Å². The molecule has 1 aromatic rings. The second-order valence-electron chi connectivity index (χ2n) is 6.44. The third-order valence-corrected chi connectivity index (χ3v) is 4.74. The summed E-state index contributed by atoms with van der Waals surface area (Å²) >= 11 is 5.90. The summed E-state index contributed by atoms with van der Waals surface area (Å²) in [6, 6.07) is 7.89. The predicted octanol–water partition coefficient (Wildman–Crippen LogP) is 3.66. The number of piperidine rings is 1. The molecule has 2 N–H and O–H groups in total. The van der Waals surface area contributed by atoms with Gasteiger partial charge in [0, 0.05) is 25.2 Å². The molecule has 0 atom stereocenters. The number of unbranched alkanes of at least 4 members (excludes halogenated alkanes) is 2. The van der Waals surface area contributed by atoms with Gasteiger partial charge in [0.25, 0.3) is 0 Å². The first-order valence-corrected chi connectivity index (χ1v) is 9.57. The third-order valence-electron chi connectivity index (χ3n) is 4.49. The lowest BCUT2D eigenvalue weighted by Gasteiger charge is -2.26. The molecule has 0 spiro atoms. The Hall–Kier alpha value is -1.26. The Morgan fingerprint density at radius 2 is 1.79 bits per heavy atom. The molecule has 24 heavy (non-hydrogen) atoms. The van der Waals surface area contributed by atoms with E-state index in [1.165, 1.54) is 63.7 Å². The lowest BCUT2D eigenvalue weighted by atomic mass is 10.1. The van der Waals surface area contributed by atoms with Crippen molar-refractivity contribution in [3.8, 4) is 0 Å². The summed E-state index contributed by atoms with van der Waals surface area (Å²) in [7, 11) is 1.81. The van der Waals surface area contributed by atoms with E-state index in [4.69, 9.17) is 11.6 Å². The van der Waals surface area contributed by atoms with Crippen molar-refractivity contribution in [1.29, 1.82) is 0 Å². The van der Waals surface area contributed by atoms with Gasteiger partial charge in [-0.2, -0.15) is 0 Å².